The molecule has 0 bridgehead atoms. The molecule has 0 radical (unpaired) electrons. The Bertz CT molecular complexity index is 602. The molecule has 1 unspecified atom stereocenters. The highest BCUT2D eigenvalue weighted by molar-refractivity contribution is 7.09. The number of anilines is 1. The smallest absolute Gasteiger partial charge is 0.252 e. The largest absolute Gasteiger partial charge is 0.367 e. The molecule has 1 saturated heterocycles. The van der Waals surface area contributed by atoms with E-state index in [0.29, 0.717) is 25.3 Å². The Morgan fingerprint density at radius 1 is 1.50 bits per heavy atom. The van der Waals surface area contributed by atoms with Crippen molar-refractivity contribution < 1.29 is 9.53 Å². The van der Waals surface area contributed by atoms with Gasteiger partial charge in [0.1, 0.15) is 11.1 Å². The quantitative estimate of drug-likeness (QED) is 0.919. The third kappa shape index (κ3) is 2.50. The van der Waals surface area contributed by atoms with Crippen LogP contribution >= 0.6 is 11.3 Å². The lowest BCUT2D eigenvalue weighted by Gasteiger charge is -2.34. The minimum Gasteiger partial charge on any atom is -0.367 e. The van der Waals surface area contributed by atoms with E-state index in [1.165, 1.54) is 6.20 Å². The normalized spacial score (nSPS) is 19.0. The molecule has 2 N–H and O–H groups in total. The summed E-state index contributed by atoms with van der Waals surface area (Å²) in [5.74, 6) is -0.467. The van der Waals surface area contributed by atoms with E-state index in [2.05, 4.69) is 14.9 Å². The molecule has 6 nitrogen and oxygen atoms in total. The maximum absolute atomic E-state index is 11.5. The van der Waals surface area contributed by atoms with E-state index in [4.69, 9.17) is 10.5 Å². The Balaban J connectivity index is 1.86. The Kier molecular flexibility index (Phi) is 3.62. The highest BCUT2D eigenvalue weighted by Crippen LogP contribution is 2.28. The van der Waals surface area contributed by atoms with E-state index in [-0.39, 0.29) is 6.10 Å². The summed E-state index contributed by atoms with van der Waals surface area (Å²) < 4.78 is 5.75. The number of hydrogen-bond donors (Lipinski definition) is 1. The summed E-state index contributed by atoms with van der Waals surface area (Å²) in [7, 11) is 0. The van der Waals surface area contributed by atoms with Crippen molar-refractivity contribution in [3.63, 3.8) is 0 Å². The molecule has 1 amide bonds. The molecule has 7 heteroatoms. The van der Waals surface area contributed by atoms with Crippen LogP contribution in [0, 0.1) is 0 Å². The topological polar surface area (TPSA) is 81.3 Å². The average molecular weight is 290 g/mol. The van der Waals surface area contributed by atoms with Crippen LogP contribution in [0.3, 0.4) is 0 Å². The van der Waals surface area contributed by atoms with E-state index >= 15 is 0 Å². The van der Waals surface area contributed by atoms with Gasteiger partial charge in [0, 0.05) is 30.5 Å². The van der Waals surface area contributed by atoms with Gasteiger partial charge >= 0.3 is 0 Å². The Morgan fingerprint density at radius 3 is 3.15 bits per heavy atom. The fraction of sp³-hybridized carbons (Fsp3) is 0.308. The number of thiazole rings is 1. The number of aromatic nitrogens is 2. The molecule has 1 aliphatic rings. The molecule has 3 rings (SSSR count). The highest BCUT2D eigenvalue weighted by Gasteiger charge is 2.26. The fourth-order valence-electron chi connectivity index (χ4n) is 2.26. The molecular formula is C13H14N4O2S. The molecular weight excluding hydrogens is 276 g/mol. The maximum atomic E-state index is 11.5. The van der Waals surface area contributed by atoms with Crippen LogP contribution in [0.4, 0.5) is 5.69 Å². The van der Waals surface area contributed by atoms with Crippen LogP contribution in [0.15, 0.2) is 30.0 Å². The molecule has 1 aliphatic heterocycles. The van der Waals surface area contributed by atoms with Crippen molar-refractivity contribution in [2.45, 2.75) is 6.10 Å². The minimum atomic E-state index is -0.467. The lowest BCUT2D eigenvalue weighted by molar-refractivity contribution is 0.0395. The van der Waals surface area contributed by atoms with E-state index in [9.17, 15) is 4.79 Å². The van der Waals surface area contributed by atoms with E-state index in [1.807, 2.05) is 11.4 Å². The van der Waals surface area contributed by atoms with E-state index in [0.717, 1.165) is 10.7 Å². The molecule has 0 spiro atoms. The number of amides is 1. The molecule has 0 aromatic carbocycles. The van der Waals surface area contributed by atoms with Crippen LogP contribution in [-0.4, -0.2) is 35.6 Å². The Hall–Kier alpha value is -1.99. The Labute approximate surface area is 120 Å². The first-order chi connectivity index (χ1) is 9.75. The summed E-state index contributed by atoms with van der Waals surface area (Å²) in [4.78, 5) is 21.8. The summed E-state index contributed by atoms with van der Waals surface area (Å²) in [6.07, 6.45) is 4.86. The van der Waals surface area contributed by atoms with Gasteiger partial charge in [-0.05, 0) is 6.07 Å². The summed E-state index contributed by atoms with van der Waals surface area (Å²) >= 11 is 1.57. The van der Waals surface area contributed by atoms with E-state index in [1.54, 1.807) is 23.7 Å². The van der Waals surface area contributed by atoms with Crippen molar-refractivity contribution >= 4 is 22.9 Å². The third-order valence-electron chi connectivity index (χ3n) is 3.20. The standard InChI is InChI=1S/C13H14N4O2S/c14-12(18)9-7-15-2-1-10(9)17-4-5-19-11(8-17)13-16-3-6-20-13/h1-3,6-7,11H,4-5,8H2,(H2,14,18). The average Bonchev–Trinajstić information content (AvgIpc) is 3.01. The number of nitrogens with zero attached hydrogens (tertiary/aromatic N) is 3. The van der Waals surface area contributed by atoms with Crippen LogP contribution in [0.5, 0.6) is 0 Å². The predicted octanol–water partition coefficient (Wildman–Crippen LogP) is 1.21. The van der Waals surface area contributed by atoms with Crippen LogP contribution in [0.2, 0.25) is 0 Å². The van der Waals surface area contributed by atoms with Gasteiger partial charge in [0.15, 0.2) is 0 Å². The van der Waals surface area contributed by atoms with Crippen molar-refractivity contribution in [1.29, 1.82) is 0 Å². The maximum Gasteiger partial charge on any atom is 0.252 e. The van der Waals surface area contributed by atoms with Crippen molar-refractivity contribution in [2.24, 2.45) is 5.73 Å². The number of carbonyl (C=O) groups excluding carboxylic acids is 1. The monoisotopic (exact) mass is 290 g/mol. The lowest BCUT2D eigenvalue weighted by Crippen LogP contribution is -2.39. The van der Waals surface area contributed by atoms with Crippen molar-refractivity contribution in [1.82, 2.24) is 9.97 Å². The second kappa shape index (κ2) is 5.56. The van der Waals surface area contributed by atoms with Gasteiger partial charge < -0.3 is 15.4 Å². The van der Waals surface area contributed by atoms with Gasteiger partial charge in [-0.1, -0.05) is 0 Å². The van der Waals surface area contributed by atoms with Gasteiger partial charge in [0.25, 0.3) is 5.91 Å². The molecule has 0 saturated carbocycles. The summed E-state index contributed by atoms with van der Waals surface area (Å²) in [6.45, 7) is 1.95. The molecule has 20 heavy (non-hydrogen) atoms. The Morgan fingerprint density at radius 2 is 2.40 bits per heavy atom. The number of hydrogen-bond acceptors (Lipinski definition) is 6. The number of morpholine rings is 1. The molecule has 3 heterocycles. The zero-order valence-electron chi connectivity index (χ0n) is 10.7. The molecule has 1 atom stereocenters. The van der Waals surface area contributed by atoms with Gasteiger partial charge in [-0.25, -0.2) is 4.98 Å². The van der Waals surface area contributed by atoms with Gasteiger partial charge in [-0.3, -0.25) is 9.78 Å². The zero-order chi connectivity index (χ0) is 13.9. The van der Waals surface area contributed by atoms with Gasteiger partial charge in [0.05, 0.1) is 24.4 Å². The van der Waals surface area contributed by atoms with Crippen molar-refractivity contribution in [2.75, 3.05) is 24.6 Å². The van der Waals surface area contributed by atoms with Crippen LogP contribution in [0.1, 0.15) is 21.5 Å². The van der Waals surface area contributed by atoms with E-state index < -0.39 is 5.91 Å². The molecule has 0 aliphatic carbocycles. The number of pyridine rings is 1. The fourth-order valence-corrected chi connectivity index (χ4v) is 2.94. The van der Waals surface area contributed by atoms with Crippen molar-refractivity contribution in [3.05, 3.63) is 40.6 Å². The SMILES string of the molecule is NC(=O)c1cnccc1N1CCOC(c2nccs2)C1. The first-order valence-electron chi connectivity index (χ1n) is 6.25. The van der Waals surface area contributed by atoms with Gasteiger partial charge in [-0.15, -0.1) is 11.3 Å². The number of carbonyl (C=O) groups is 1. The number of primary amides is 1. The van der Waals surface area contributed by atoms with Gasteiger partial charge in [-0.2, -0.15) is 0 Å². The third-order valence-corrected chi connectivity index (χ3v) is 4.07. The van der Waals surface area contributed by atoms with Crippen LogP contribution in [-0.2, 0) is 4.74 Å². The second-order valence-corrected chi connectivity index (χ2v) is 5.36. The van der Waals surface area contributed by atoms with Crippen LogP contribution < -0.4 is 10.6 Å². The number of ether oxygens (including phenoxy) is 1. The summed E-state index contributed by atoms with van der Waals surface area (Å²) in [5, 5.41) is 2.88. The second-order valence-electron chi connectivity index (χ2n) is 4.43. The summed E-state index contributed by atoms with van der Waals surface area (Å²) in [6, 6.07) is 1.81. The molecule has 1 fully saturated rings. The lowest BCUT2D eigenvalue weighted by atomic mass is 10.1. The zero-order valence-corrected chi connectivity index (χ0v) is 11.5. The predicted molar refractivity (Wildman–Crippen MR) is 75.8 cm³/mol. The van der Waals surface area contributed by atoms with Crippen molar-refractivity contribution in [3.8, 4) is 0 Å². The molecule has 2 aromatic heterocycles. The van der Waals surface area contributed by atoms with Crippen LogP contribution in [0.25, 0.3) is 0 Å². The summed E-state index contributed by atoms with van der Waals surface area (Å²) in [5.41, 5.74) is 6.64. The number of rotatable bonds is 3. The number of nitrogens with two attached hydrogens (primary N) is 1. The molecule has 2 aromatic rings. The van der Waals surface area contributed by atoms with Gasteiger partial charge in [0.2, 0.25) is 0 Å². The minimum absolute atomic E-state index is 0.0716. The highest BCUT2D eigenvalue weighted by atomic mass is 32.1. The first-order valence-corrected chi connectivity index (χ1v) is 7.13. The molecule has 104 valence electrons. The first kappa shape index (κ1) is 13.0.